The van der Waals surface area contributed by atoms with Gasteiger partial charge in [0, 0.05) is 6.20 Å². The van der Waals surface area contributed by atoms with Crippen LogP contribution in [-0.2, 0) is 4.74 Å². The fourth-order valence-corrected chi connectivity index (χ4v) is 3.18. The number of primary amides is 1. The molecule has 0 radical (unpaired) electrons. The fourth-order valence-electron chi connectivity index (χ4n) is 3.18. The Hall–Kier alpha value is -1.72. The molecule has 112 valence electrons. The molecule has 2 rings (SSSR count). The molecule has 1 amide bonds. The Morgan fingerprint density at radius 3 is 2.60 bits per heavy atom. The summed E-state index contributed by atoms with van der Waals surface area (Å²) in [6.07, 6.45) is 8.11. The molecule has 1 aliphatic rings. The first-order valence-corrected chi connectivity index (χ1v) is 7.14. The molecule has 0 unspecified atom stereocenters. The van der Waals surface area contributed by atoms with Gasteiger partial charge < -0.3 is 16.2 Å². The Morgan fingerprint density at radius 2 is 2.10 bits per heavy atom. The summed E-state index contributed by atoms with van der Waals surface area (Å²) in [5.41, 5.74) is 11.0. The van der Waals surface area contributed by atoms with Crippen LogP contribution in [0.4, 0.5) is 10.5 Å². The van der Waals surface area contributed by atoms with E-state index in [1.807, 2.05) is 24.7 Å². The first-order chi connectivity index (χ1) is 9.35. The quantitative estimate of drug-likeness (QED) is 0.885. The molecule has 1 saturated carbocycles. The lowest BCUT2D eigenvalue weighted by Gasteiger charge is -2.33. The third-order valence-electron chi connectivity index (χ3n) is 3.97. The molecule has 0 atom stereocenters. The Balaban J connectivity index is 1.84. The minimum Gasteiger partial charge on any atom is -0.444 e. The first kappa shape index (κ1) is 14.7. The van der Waals surface area contributed by atoms with Crippen LogP contribution in [0, 0.1) is 5.92 Å². The smallest absolute Gasteiger partial charge is 0.405 e. The highest BCUT2D eigenvalue weighted by molar-refractivity contribution is 5.65. The van der Waals surface area contributed by atoms with Gasteiger partial charge in [0.2, 0.25) is 0 Å². The molecule has 1 fully saturated rings. The molecule has 20 heavy (non-hydrogen) atoms. The Bertz CT molecular complexity index is 461. The van der Waals surface area contributed by atoms with Crippen molar-refractivity contribution in [3.8, 4) is 0 Å². The van der Waals surface area contributed by atoms with E-state index >= 15 is 0 Å². The predicted octanol–water partition coefficient (Wildman–Crippen LogP) is 2.46. The first-order valence-electron chi connectivity index (χ1n) is 7.14. The number of nitrogens with two attached hydrogens (primary N) is 2. The Labute approximate surface area is 119 Å². The van der Waals surface area contributed by atoms with Gasteiger partial charge in [-0.05, 0) is 51.9 Å². The minimum atomic E-state index is -0.698. The van der Waals surface area contributed by atoms with Gasteiger partial charge in [-0.15, -0.1) is 0 Å². The Kier molecular flexibility index (Phi) is 4.20. The summed E-state index contributed by atoms with van der Waals surface area (Å²) < 4.78 is 7.13. The van der Waals surface area contributed by atoms with E-state index in [9.17, 15) is 4.79 Å². The second kappa shape index (κ2) is 5.73. The van der Waals surface area contributed by atoms with E-state index in [2.05, 4.69) is 5.10 Å². The van der Waals surface area contributed by atoms with Crippen LogP contribution in [0.25, 0.3) is 0 Å². The zero-order valence-electron chi connectivity index (χ0n) is 12.2. The van der Waals surface area contributed by atoms with Gasteiger partial charge in [0.05, 0.1) is 17.9 Å². The molecule has 4 N–H and O–H groups in total. The van der Waals surface area contributed by atoms with Gasteiger partial charge in [0.25, 0.3) is 0 Å². The van der Waals surface area contributed by atoms with E-state index in [4.69, 9.17) is 16.2 Å². The minimum absolute atomic E-state index is 0.434. The molecule has 1 aromatic heterocycles. The number of nitrogens with zero attached hydrogens (tertiary/aromatic N) is 2. The number of amides is 1. The summed E-state index contributed by atoms with van der Waals surface area (Å²) in [7, 11) is 0. The van der Waals surface area contributed by atoms with Crippen molar-refractivity contribution in [3.63, 3.8) is 0 Å². The van der Waals surface area contributed by atoms with E-state index in [0.717, 1.165) is 32.1 Å². The van der Waals surface area contributed by atoms with Crippen LogP contribution in [-0.4, -0.2) is 21.5 Å². The van der Waals surface area contributed by atoms with Gasteiger partial charge in [-0.25, -0.2) is 4.79 Å². The maximum Gasteiger partial charge on any atom is 0.405 e. The SMILES string of the molecule is CC(C)(CC1CCC(n2cc(N)cn2)CC1)OC(N)=O. The zero-order chi connectivity index (χ0) is 14.8. The molecule has 0 aliphatic heterocycles. The maximum atomic E-state index is 10.9. The summed E-state index contributed by atoms with van der Waals surface area (Å²) in [6.45, 7) is 3.83. The second-order valence-electron chi connectivity index (χ2n) is 6.31. The number of anilines is 1. The van der Waals surface area contributed by atoms with Crippen molar-refractivity contribution in [2.45, 2.75) is 57.6 Å². The molecule has 1 aromatic rings. The maximum absolute atomic E-state index is 10.9. The lowest BCUT2D eigenvalue weighted by Crippen LogP contribution is -2.34. The number of hydrogen-bond donors (Lipinski definition) is 2. The summed E-state index contributed by atoms with van der Waals surface area (Å²) in [4.78, 5) is 10.9. The van der Waals surface area contributed by atoms with Crippen molar-refractivity contribution in [3.05, 3.63) is 12.4 Å². The van der Waals surface area contributed by atoms with Crippen molar-refractivity contribution >= 4 is 11.8 Å². The van der Waals surface area contributed by atoms with Gasteiger partial charge in [-0.3, -0.25) is 4.68 Å². The normalized spacial score (nSPS) is 23.5. The monoisotopic (exact) mass is 280 g/mol. The van der Waals surface area contributed by atoms with E-state index in [1.165, 1.54) is 0 Å². The van der Waals surface area contributed by atoms with Crippen LogP contribution in [0.1, 0.15) is 52.0 Å². The molecule has 1 heterocycles. The number of carbonyl (C=O) groups excluding carboxylic acids is 1. The van der Waals surface area contributed by atoms with Gasteiger partial charge in [0.1, 0.15) is 5.60 Å². The third kappa shape index (κ3) is 3.88. The van der Waals surface area contributed by atoms with Gasteiger partial charge in [-0.2, -0.15) is 5.10 Å². The molecular weight excluding hydrogens is 256 g/mol. The molecule has 0 saturated heterocycles. The van der Waals surface area contributed by atoms with E-state index < -0.39 is 11.7 Å². The lowest BCUT2D eigenvalue weighted by atomic mass is 9.80. The summed E-state index contributed by atoms with van der Waals surface area (Å²) in [5, 5.41) is 4.28. The van der Waals surface area contributed by atoms with E-state index in [-0.39, 0.29) is 0 Å². The molecule has 1 aliphatic carbocycles. The van der Waals surface area contributed by atoms with Crippen molar-refractivity contribution in [1.29, 1.82) is 0 Å². The topological polar surface area (TPSA) is 96.2 Å². The van der Waals surface area contributed by atoms with Crippen molar-refractivity contribution in [1.82, 2.24) is 9.78 Å². The molecule has 0 bridgehead atoms. The van der Waals surface area contributed by atoms with Crippen LogP contribution in [0.5, 0.6) is 0 Å². The van der Waals surface area contributed by atoms with Gasteiger partial charge >= 0.3 is 6.09 Å². The van der Waals surface area contributed by atoms with Crippen LogP contribution in [0.2, 0.25) is 0 Å². The summed E-state index contributed by atoms with van der Waals surface area (Å²) in [6, 6.07) is 0.434. The van der Waals surface area contributed by atoms with E-state index in [0.29, 0.717) is 17.6 Å². The average molecular weight is 280 g/mol. The van der Waals surface area contributed by atoms with Crippen LogP contribution in [0.3, 0.4) is 0 Å². The second-order valence-corrected chi connectivity index (χ2v) is 6.31. The number of hydrogen-bond acceptors (Lipinski definition) is 4. The van der Waals surface area contributed by atoms with Crippen molar-refractivity contribution in [2.24, 2.45) is 11.7 Å². The largest absolute Gasteiger partial charge is 0.444 e. The molecule has 0 aromatic carbocycles. The van der Waals surface area contributed by atoms with Crippen molar-refractivity contribution in [2.75, 3.05) is 5.73 Å². The van der Waals surface area contributed by atoms with Crippen molar-refractivity contribution < 1.29 is 9.53 Å². The number of rotatable bonds is 4. The molecule has 0 spiro atoms. The number of carbonyl (C=O) groups is 1. The van der Waals surface area contributed by atoms with Gasteiger partial charge in [0.15, 0.2) is 0 Å². The summed E-state index contributed by atoms with van der Waals surface area (Å²) >= 11 is 0. The average Bonchev–Trinajstić information content (AvgIpc) is 2.74. The van der Waals surface area contributed by atoms with Gasteiger partial charge in [-0.1, -0.05) is 0 Å². The summed E-state index contributed by atoms with van der Waals surface area (Å²) in [5.74, 6) is 0.563. The number of aromatic nitrogens is 2. The van der Waals surface area contributed by atoms with Crippen LogP contribution < -0.4 is 11.5 Å². The van der Waals surface area contributed by atoms with Crippen LogP contribution in [0.15, 0.2) is 12.4 Å². The predicted molar refractivity (Wildman–Crippen MR) is 77.0 cm³/mol. The highest BCUT2D eigenvalue weighted by atomic mass is 16.6. The molecule has 6 nitrogen and oxygen atoms in total. The third-order valence-corrected chi connectivity index (χ3v) is 3.97. The van der Waals surface area contributed by atoms with E-state index in [1.54, 1.807) is 6.20 Å². The highest BCUT2D eigenvalue weighted by Crippen LogP contribution is 2.36. The highest BCUT2D eigenvalue weighted by Gasteiger charge is 2.30. The fraction of sp³-hybridized carbons (Fsp3) is 0.714. The Morgan fingerprint density at radius 1 is 1.45 bits per heavy atom. The molecular formula is C14H24N4O2. The molecule has 6 heteroatoms. The number of nitrogen functional groups attached to an aromatic ring is 1. The van der Waals surface area contributed by atoms with Crippen LogP contribution >= 0.6 is 0 Å². The number of ether oxygens (including phenoxy) is 1. The standard InChI is InChI=1S/C14H24N4O2/c1-14(2,20-13(16)19)7-10-3-5-12(6-4-10)18-9-11(15)8-17-18/h8-10,12H,3-7,15H2,1-2H3,(H2,16,19). The zero-order valence-corrected chi connectivity index (χ0v) is 12.2. The lowest BCUT2D eigenvalue weighted by molar-refractivity contribution is 0.0198.